The van der Waals surface area contributed by atoms with Crippen molar-refractivity contribution in [3.63, 3.8) is 0 Å². The predicted molar refractivity (Wildman–Crippen MR) is 67.9 cm³/mol. The van der Waals surface area contributed by atoms with Crippen molar-refractivity contribution < 1.29 is 0 Å². The molecule has 17 heavy (non-hydrogen) atoms. The van der Waals surface area contributed by atoms with Gasteiger partial charge in [0.2, 0.25) is 0 Å². The summed E-state index contributed by atoms with van der Waals surface area (Å²) in [6.45, 7) is 2.82. The van der Waals surface area contributed by atoms with Crippen molar-refractivity contribution in [1.29, 1.82) is 5.26 Å². The minimum absolute atomic E-state index is 0.441. The third kappa shape index (κ3) is 2.60. The van der Waals surface area contributed by atoms with E-state index in [1.807, 2.05) is 31.6 Å². The van der Waals surface area contributed by atoms with Crippen LogP contribution >= 0.6 is 11.3 Å². The number of anilines is 1. The van der Waals surface area contributed by atoms with E-state index in [0.717, 1.165) is 17.9 Å². The first-order valence-electron chi connectivity index (χ1n) is 5.17. The van der Waals surface area contributed by atoms with Crippen molar-refractivity contribution in [3.05, 3.63) is 40.1 Å². The van der Waals surface area contributed by atoms with Crippen LogP contribution in [0.3, 0.4) is 0 Å². The quantitative estimate of drug-likeness (QED) is 0.831. The Kier molecular flexibility index (Phi) is 3.35. The average Bonchev–Trinajstić information content (AvgIpc) is 2.75. The fourth-order valence-corrected chi connectivity index (χ4v) is 2.29. The highest BCUT2D eigenvalue weighted by Gasteiger charge is 2.06. The molecule has 86 valence electrons. The zero-order chi connectivity index (χ0) is 12.3. The molecule has 0 amide bonds. The molecule has 0 unspecified atom stereocenters. The molecule has 0 N–H and O–H groups in total. The van der Waals surface area contributed by atoms with Crippen LogP contribution in [0.2, 0.25) is 0 Å². The summed E-state index contributed by atoms with van der Waals surface area (Å²) in [6, 6.07) is 5.64. The molecule has 5 heteroatoms. The summed E-state index contributed by atoms with van der Waals surface area (Å²) < 4.78 is 0. The third-order valence-electron chi connectivity index (χ3n) is 2.53. The van der Waals surface area contributed by atoms with Gasteiger partial charge in [-0.15, -0.1) is 11.3 Å². The molecule has 4 nitrogen and oxygen atoms in total. The molecular formula is C12H12N4S. The van der Waals surface area contributed by atoms with Gasteiger partial charge in [-0.2, -0.15) is 5.26 Å². The number of rotatable bonds is 3. The summed E-state index contributed by atoms with van der Waals surface area (Å²) >= 11 is 1.65. The van der Waals surface area contributed by atoms with Crippen molar-refractivity contribution in [2.24, 2.45) is 0 Å². The molecule has 0 aromatic carbocycles. The van der Waals surface area contributed by atoms with E-state index in [0.29, 0.717) is 5.69 Å². The van der Waals surface area contributed by atoms with Gasteiger partial charge in [-0.1, -0.05) is 0 Å². The van der Waals surface area contributed by atoms with Gasteiger partial charge in [-0.05, 0) is 19.1 Å². The first-order chi connectivity index (χ1) is 8.20. The maximum Gasteiger partial charge on any atom is 0.140 e. The highest BCUT2D eigenvalue weighted by molar-refractivity contribution is 7.09. The van der Waals surface area contributed by atoms with Crippen LogP contribution in [0.15, 0.2) is 23.8 Å². The lowest BCUT2D eigenvalue weighted by molar-refractivity contribution is 0.920. The maximum atomic E-state index is 8.68. The maximum absolute atomic E-state index is 8.68. The smallest absolute Gasteiger partial charge is 0.140 e. The van der Waals surface area contributed by atoms with Gasteiger partial charge < -0.3 is 4.90 Å². The molecule has 0 fully saturated rings. The average molecular weight is 244 g/mol. The molecule has 0 bridgehead atoms. The first kappa shape index (κ1) is 11.6. The van der Waals surface area contributed by atoms with Gasteiger partial charge in [0, 0.05) is 11.9 Å². The number of thiazole rings is 1. The van der Waals surface area contributed by atoms with E-state index in [2.05, 4.69) is 14.9 Å². The Morgan fingerprint density at radius 3 is 2.76 bits per heavy atom. The molecule has 0 saturated carbocycles. The third-order valence-corrected chi connectivity index (χ3v) is 3.45. The highest BCUT2D eigenvalue weighted by Crippen LogP contribution is 2.18. The van der Waals surface area contributed by atoms with Gasteiger partial charge in [0.15, 0.2) is 0 Å². The van der Waals surface area contributed by atoms with E-state index in [-0.39, 0.29) is 0 Å². The van der Waals surface area contributed by atoms with Gasteiger partial charge in [0.05, 0.1) is 29.6 Å². The standard InChI is InChI=1S/C12H12N4S/c1-9-12(17-8-15-9)7-16(2)11-4-3-10(5-13)14-6-11/h3-4,6,8H,7H2,1-2H3. The molecule has 0 aliphatic rings. The van der Waals surface area contributed by atoms with Crippen LogP contribution in [0, 0.1) is 18.3 Å². The lowest BCUT2D eigenvalue weighted by Crippen LogP contribution is -2.16. The first-order valence-corrected chi connectivity index (χ1v) is 6.05. The van der Waals surface area contributed by atoms with E-state index < -0.39 is 0 Å². The van der Waals surface area contributed by atoms with Crippen molar-refractivity contribution in [2.45, 2.75) is 13.5 Å². The minimum Gasteiger partial charge on any atom is -0.368 e. The summed E-state index contributed by atoms with van der Waals surface area (Å²) in [5, 5.41) is 8.68. The van der Waals surface area contributed by atoms with E-state index in [4.69, 9.17) is 5.26 Å². The van der Waals surface area contributed by atoms with E-state index in [9.17, 15) is 0 Å². The molecule has 0 atom stereocenters. The Bertz CT molecular complexity index is 538. The van der Waals surface area contributed by atoms with Gasteiger partial charge in [0.25, 0.3) is 0 Å². The zero-order valence-electron chi connectivity index (χ0n) is 9.71. The van der Waals surface area contributed by atoms with Crippen LogP contribution in [-0.2, 0) is 6.54 Å². The van der Waals surface area contributed by atoms with Gasteiger partial charge in [-0.3, -0.25) is 0 Å². The van der Waals surface area contributed by atoms with E-state index >= 15 is 0 Å². The number of nitrogens with zero attached hydrogens (tertiary/aromatic N) is 4. The second-order valence-corrected chi connectivity index (χ2v) is 4.67. The van der Waals surface area contributed by atoms with Crippen LogP contribution in [0.5, 0.6) is 0 Å². The molecule has 0 radical (unpaired) electrons. The van der Waals surface area contributed by atoms with E-state index in [1.165, 1.54) is 4.88 Å². The van der Waals surface area contributed by atoms with Crippen LogP contribution < -0.4 is 4.90 Å². The fourth-order valence-electron chi connectivity index (χ4n) is 1.46. The van der Waals surface area contributed by atoms with Gasteiger partial charge in [-0.25, -0.2) is 9.97 Å². The summed E-state index contributed by atoms with van der Waals surface area (Å²) in [6.07, 6.45) is 1.72. The number of hydrogen-bond donors (Lipinski definition) is 0. The largest absolute Gasteiger partial charge is 0.368 e. The second-order valence-electron chi connectivity index (χ2n) is 3.73. The van der Waals surface area contributed by atoms with Crippen molar-refractivity contribution in [1.82, 2.24) is 9.97 Å². The number of nitriles is 1. The molecule has 0 aliphatic carbocycles. The number of pyridine rings is 1. The van der Waals surface area contributed by atoms with Gasteiger partial charge >= 0.3 is 0 Å². The van der Waals surface area contributed by atoms with Crippen LogP contribution in [-0.4, -0.2) is 17.0 Å². The van der Waals surface area contributed by atoms with Crippen molar-refractivity contribution in [2.75, 3.05) is 11.9 Å². The Balaban J connectivity index is 2.12. The summed E-state index contributed by atoms with van der Waals surface area (Å²) in [7, 11) is 2.00. The highest BCUT2D eigenvalue weighted by atomic mass is 32.1. The molecular weight excluding hydrogens is 232 g/mol. The predicted octanol–water partition coefficient (Wildman–Crippen LogP) is 2.35. The molecule has 0 saturated heterocycles. The van der Waals surface area contributed by atoms with E-state index in [1.54, 1.807) is 23.6 Å². The number of aromatic nitrogens is 2. The molecule has 2 aromatic rings. The topological polar surface area (TPSA) is 52.8 Å². The lowest BCUT2D eigenvalue weighted by atomic mass is 10.3. The van der Waals surface area contributed by atoms with Gasteiger partial charge in [0.1, 0.15) is 11.8 Å². The Morgan fingerprint density at radius 2 is 2.24 bits per heavy atom. The summed E-state index contributed by atoms with van der Waals surface area (Å²) in [4.78, 5) is 11.6. The molecule has 2 rings (SSSR count). The number of aryl methyl sites for hydroxylation is 1. The van der Waals surface area contributed by atoms with Crippen molar-refractivity contribution in [3.8, 4) is 6.07 Å². The second kappa shape index (κ2) is 4.93. The van der Waals surface area contributed by atoms with Crippen molar-refractivity contribution >= 4 is 17.0 Å². The Labute approximate surface area is 104 Å². The number of hydrogen-bond acceptors (Lipinski definition) is 5. The Hall–Kier alpha value is -1.93. The molecule has 0 aliphatic heterocycles. The molecule has 0 spiro atoms. The minimum atomic E-state index is 0.441. The molecule has 2 heterocycles. The lowest BCUT2D eigenvalue weighted by Gasteiger charge is -2.18. The normalized spacial score (nSPS) is 9.94. The van der Waals surface area contributed by atoms with Crippen LogP contribution in [0.1, 0.15) is 16.3 Å². The fraction of sp³-hybridized carbons (Fsp3) is 0.250. The molecule has 2 aromatic heterocycles. The SMILES string of the molecule is Cc1ncsc1CN(C)c1ccc(C#N)nc1. The van der Waals surface area contributed by atoms with Crippen LogP contribution in [0.25, 0.3) is 0 Å². The summed E-state index contributed by atoms with van der Waals surface area (Å²) in [5.41, 5.74) is 4.37. The summed E-state index contributed by atoms with van der Waals surface area (Å²) in [5.74, 6) is 0. The monoisotopic (exact) mass is 244 g/mol. The zero-order valence-corrected chi connectivity index (χ0v) is 10.5. The Morgan fingerprint density at radius 1 is 1.41 bits per heavy atom. The van der Waals surface area contributed by atoms with Crippen LogP contribution in [0.4, 0.5) is 5.69 Å².